The Bertz CT molecular complexity index is 1990. The third-order valence-electron chi connectivity index (χ3n) is 8.69. The Labute approximate surface area is 296 Å². The zero-order chi connectivity index (χ0) is 35.6. The van der Waals surface area contributed by atoms with Crippen LogP contribution in [0, 0.1) is 0 Å². The average Bonchev–Trinajstić information content (AvgIpc) is 3.54. The lowest BCUT2D eigenvalue weighted by Crippen LogP contribution is -2.32. The first kappa shape index (κ1) is 34.7. The Balaban J connectivity index is 1.06. The molecule has 0 bridgehead atoms. The summed E-state index contributed by atoms with van der Waals surface area (Å²) >= 11 is 0. The van der Waals surface area contributed by atoms with E-state index in [4.69, 9.17) is 5.73 Å². The van der Waals surface area contributed by atoms with Crippen LogP contribution in [0.1, 0.15) is 63.7 Å². The number of hydrogen-bond donors (Lipinski definition) is 4. The highest BCUT2D eigenvalue weighted by Gasteiger charge is 2.28. The molecule has 1 aliphatic rings. The number of amides is 4. The first-order valence-corrected chi connectivity index (χ1v) is 17.0. The first-order valence-electron chi connectivity index (χ1n) is 17.0. The Hall–Kier alpha value is -6.14. The molecule has 0 aliphatic carbocycles. The van der Waals surface area contributed by atoms with Gasteiger partial charge >= 0.3 is 0 Å². The summed E-state index contributed by atoms with van der Waals surface area (Å²) in [5.41, 5.74) is 11.1. The minimum absolute atomic E-state index is 0.0216. The largest absolute Gasteiger partial charge is 0.350 e. The first-order chi connectivity index (χ1) is 24.9. The predicted molar refractivity (Wildman–Crippen MR) is 195 cm³/mol. The monoisotopic (exact) mass is 684 g/mol. The number of carbonyl (C=O) groups excluding carboxylic acids is 4. The number of para-hydroxylation sites is 1. The van der Waals surface area contributed by atoms with Crippen molar-refractivity contribution in [2.75, 3.05) is 23.3 Å². The molecule has 0 spiro atoms. The van der Waals surface area contributed by atoms with E-state index in [2.05, 4.69) is 26.3 Å². The molecule has 0 fully saturated rings. The zero-order valence-electron chi connectivity index (χ0n) is 28.1. The van der Waals surface area contributed by atoms with E-state index in [9.17, 15) is 19.2 Å². The summed E-state index contributed by atoms with van der Waals surface area (Å²) in [6, 6.07) is 31.3. The van der Waals surface area contributed by atoms with Gasteiger partial charge in [-0.15, -0.1) is 5.10 Å². The van der Waals surface area contributed by atoms with Crippen LogP contribution in [0.15, 0.2) is 109 Å². The van der Waals surface area contributed by atoms with Crippen LogP contribution in [-0.4, -0.2) is 51.7 Å². The van der Waals surface area contributed by atoms with Gasteiger partial charge in [-0.3, -0.25) is 23.9 Å². The van der Waals surface area contributed by atoms with E-state index in [0.29, 0.717) is 55.0 Å². The van der Waals surface area contributed by atoms with Gasteiger partial charge < -0.3 is 26.6 Å². The van der Waals surface area contributed by atoms with Crippen molar-refractivity contribution >= 4 is 35.0 Å². The number of anilines is 2. The molecular weight excluding hydrogens is 644 g/mol. The summed E-state index contributed by atoms with van der Waals surface area (Å²) in [5.74, 6) is -0.934. The highest BCUT2D eigenvalue weighted by Crippen LogP contribution is 2.34. The number of rotatable bonds is 12. The van der Waals surface area contributed by atoms with Gasteiger partial charge in [0.05, 0.1) is 25.3 Å². The summed E-state index contributed by atoms with van der Waals surface area (Å²) in [5, 5.41) is 16.8. The van der Waals surface area contributed by atoms with Crippen LogP contribution in [-0.2, 0) is 22.7 Å². The SMILES string of the molecule is NCCn1cc(CNC(=O)CCC(=O)NC2CCCN(C(=O)c3ccc(NC(=O)c4ccccc4-c4ccccc4)cc3)c3ccccc32)nn1. The van der Waals surface area contributed by atoms with E-state index < -0.39 is 0 Å². The van der Waals surface area contributed by atoms with Crippen LogP contribution in [0.3, 0.4) is 0 Å². The quantitative estimate of drug-likeness (QED) is 0.146. The maximum absolute atomic E-state index is 13.9. The molecule has 5 N–H and O–H groups in total. The van der Waals surface area contributed by atoms with Crippen LogP contribution in [0.25, 0.3) is 11.1 Å². The molecule has 51 heavy (non-hydrogen) atoms. The molecule has 2 heterocycles. The van der Waals surface area contributed by atoms with E-state index in [1.807, 2.05) is 72.8 Å². The number of nitrogens with one attached hydrogen (secondary N) is 3. The fourth-order valence-corrected chi connectivity index (χ4v) is 6.15. The average molecular weight is 685 g/mol. The Morgan fingerprint density at radius 3 is 2.35 bits per heavy atom. The van der Waals surface area contributed by atoms with Crippen LogP contribution in [0.5, 0.6) is 0 Å². The molecule has 4 amide bonds. The van der Waals surface area contributed by atoms with Crippen LogP contribution in [0.2, 0.25) is 0 Å². The standard InChI is InChI=1S/C39H40N8O4/c40-22-24-46-26-30(44-45-46)25-41-36(48)20-21-37(49)43-34-14-8-23-47(35-15-7-6-13-33(34)35)39(51)28-16-18-29(19-17-28)42-38(50)32-12-5-4-11-31(32)27-9-2-1-3-10-27/h1-7,9-13,15-19,26,34H,8,14,20-25,40H2,(H,41,48)(H,42,50)(H,43,49). The molecule has 1 unspecified atom stereocenters. The van der Waals surface area contributed by atoms with Gasteiger partial charge in [-0.2, -0.15) is 0 Å². The van der Waals surface area contributed by atoms with E-state index >= 15 is 0 Å². The molecule has 12 nitrogen and oxygen atoms in total. The molecule has 5 aromatic rings. The van der Waals surface area contributed by atoms with Gasteiger partial charge in [0, 0.05) is 48.4 Å². The second-order valence-electron chi connectivity index (χ2n) is 12.3. The molecule has 1 aromatic heterocycles. The van der Waals surface area contributed by atoms with Crippen molar-refractivity contribution in [2.45, 2.75) is 44.8 Å². The lowest BCUT2D eigenvalue weighted by Gasteiger charge is -2.24. The number of nitrogens with two attached hydrogens (primary N) is 1. The van der Waals surface area contributed by atoms with E-state index in [-0.39, 0.29) is 49.1 Å². The number of carbonyl (C=O) groups is 4. The molecule has 12 heteroatoms. The molecule has 1 atom stereocenters. The highest BCUT2D eigenvalue weighted by molar-refractivity contribution is 6.10. The maximum Gasteiger partial charge on any atom is 0.258 e. The van der Waals surface area contributed by atoms with Gasteiger partial charge in [-0.25, -0.2) is 0 Å². The molecule has 0 saturated heterocycles. The Morgan fingerprint density at radius 2 is 1.55 bits per heavy atom. The molecule has 260 valence electrons. The van der Waals surface area contributed by atoms with Crippen LogP contribution < -0.4 is 26.6 Å². The zero-order valence-corrected chi connectivity index (χ0v) is 28.1. The number of hydrogen-bond acceptors (Lipinski definition) is 7. The number of aromatic nitrogens is 3. The third-order valence-corrected chi connectivity index (χ3v) is 8.69. The van der Waals surface area contributed by atoms with Crippen molar-refractivity contribution in [1.29, 1.82) is 0 Å². The second kappa shape index (κ2) is 16.5. The smallest absolute Gasteiger partial charge is 0.258 e. The van der Waals surface area contributed by atoms with Gasteiger partial charge in [-0.1, -0.05) is 71.9 Å². The van der Waals surface area contributed by atoms with Crippen molar-refractivity contribution in [2.24, 2.45) is 5.73 Å². The van der Waals surface area contributed by atoms with Crippen molar-refractivity contribution in [3.8, 4) is 11.1 Å². The molecule has 4 aromatic carbocycles. The van der Waals surface area contributed by atoms with Crippen molar-refractivity contribution in [3.05, 3.63) is 132 Å². The molecular formula is C39H40N8O4. The van der Waals surface area contributed by atoms with Gasteiger partial charge in [0.25, 0.3) is 11.8 Å². The van der Waals surface area contributed by atoms with Gasteiger partial charge in [0.2, 0.25) is 11.8 Å². The van der Waals surface area contributed by atoms with Gasteiger partial charge in [-0.05, 0) is 65.9 Å². The van der Waals surface area contributed by atoms with Gasteiger partial charge in [0.15, 0.2) is 0 Å². The highest BCUT2D eigenvalue weighted by atomic mass is 16.2. The van der Waals surface area contributed by atoms with E-state index in [1.54, 1.807) is 46.1 Å². The van der Waals surface area contributed by atoms with E-state index in [0.717, 1.165) is 22.4 Å². The van der Waals surface area contributed by atoms with Crippen molar-refractivity contribution in [1.82, 2.24) is 25.6 Å². The maximum atomic E-state index is 13.9. The summed E-state index contributed by atoms with van der Waals surface area (Å²) < 4.78 is 1.61. The Kier molecular flexibility index (Phi) is 11.2. The fourth-order valence-electron chi connectivity index (χ4n) is 6.15. The molecule has 0 radical (unpaired) electrons. The summed E-state index contributed by atoms with van der Waals surface area (Å²) in [6.45, 7) is 1.66. The Morgan fingerprint density at radius 1 is 0.824 bits per heavy atom. The summed E-state index contributed by atoms with van der Waals surface area (Å²) in [6.07, 6.45) is 3.06. The fraction of sp³-hybridized carbons (Fsp3) is 0.231. The number of benzene rings is 4. The second-order valence-corrected chi connectivity index (χ2v) is 12.3. The van der Waals surface area contributed by atoms with Crippen LogP contribution in [0.4, 0.5) is 11.4 Å². The summed E-state index contributed by atoms with van der Waals surface area (Å²) in [4.78, 5) is 54.3. The summed E-state index contributed by atoms with van der Waals surface area (Å²) in [7, 11) is 0. The van der Waals surface area contributed by atoms with Crippen molar-refractivity contribution < 1.29 is 19.2 Å². The predicted octanol–water partition coefficient (Wildman–Crippen LogP) is 4.85. The normalized spacial score (nSPS) is 13.8. The topological polar surface area (TPSA) is 164 Å². The number of fused-ring (bicyclic) bond motifs is 1. The molecule has 1 aliphatic heterocycles. The molecule has 0 saturated carbocycles. The lowest BCUT2D eigenvalue weighted by molar-refractivity contribution is -0.127. The number of nitrogens with zero attached hydrogens (tertiary/aromatic N) is 4. The van der Waals surface area contributed by atoms with Gasteiger partial charge in [0.1, 0.15) is 5.69 Å². The van der Waals surface area contributed by atoms with E-state index in [1.165, 1.54) is 0 Å². The van der Waals surface area contributed by atoms with Crippen molar-refractivity contribution in [3.63, 3.8) is 0 Å². The minimum Gasteiger partial charge on any atom is -0.350 e. The molecule has 6 rings (SSSR count). The minimum atomic E-state index is -0.316. The lowest BCUT2D eigenvalue weighted by atomic mass is 9.99. The third kappa shape index (κ3) is 8.72. The van der Waals surface area contributed by atoms with Crippen LogP contribution >= 0.6 is 0 Å².